The number of benzene rings is 1. The van der Waals surface area contributed by atoms with Gasteiger partial charge in [0.15, 0.2) is 0 Å². The minimum atomic E-state index is -0.270. The molecule has 0 unspecified atom stereocenters. The van der Waals surface area contributed by atoms with Crippen LogP contribution in [0.15, 0.2) is 49.1 Å². The van der Waals surface area contributed by atoms with Gasteiger partial charge in [0.1, 0.15) is 0 Å². The molecule has 7 nitrogen and oxygen atoms in total. The molecule has 0 radical (unpaired) electrons. The van der Waals surface area contributed by atoms with Crippen molar-refractivity contribution < 1.29 is 15.0 Å². The summed E-state index contributed by atoms with van der Waals surface area (Å²) < 4.78 is 1.86. The van der Waals surface area contributed by atoms with Crippen LogP contribution in [-0.4, -0.2) is 49.4 Å². The number of imidazole rings is 1. The Kier molecular flexibility index (Phi) is 5.36. The average Bonchev–Trinajstić information content (AvgIpc) is 3.08. The number of nitrogens with zero attached hydrogens (tertiary/aromatic N) is 3. The van der Waals surface area contributed by atoms with E-state index in [0.717, 1.165) is 16.6 Å². The van der Waals surface area contributed by atoms with E-state index < -0.39 is 0 Å². The minimum absolute atomic E-state index is 0.0393. The van der Waals surface area contributed by atoms with Crippen molar-refractivity contribution in [3.05, 3.63) is 60.2 Å². The molecule has 1 saturated carbocycles. The van der Waals surface area contributed by atoms with Gasteiger partial charge < -0.3 is 20.1 Å². The molecule has 0 saturated heterocycles. The van der Waals surface area contributed by atoms with Crippen LogP contribution in [0.5, 0.6) is 0 Å². The molecule has 0 bridgehead atoms. The highest BCUT2D eigenvalue weighted by molar-refractivity contribution is 5.97. The summed E-state index contributed by atoms with van der Waals surface area (Å²) in [5, 5.41) is 22.0. The number of hydrogen-bond acceptors (Lipinski definition) is 5. The van der Waals surface area contributed by atoms with Gasteiger partial charge in [0.2, 0.25) is 0 Å². The zero-order valence-electron chi connectivity index (χ0n) is 15.5. The lowest BCUT2D eigenvalue weighted by Gasteiger charge is -2.38. The zero-order valence-corrected chi connectivity index (χ0v) is 15.5. The maximum Gasteiger partial charge on any atom is 0.251 e. The van der Waals surface area contributed by atoms with Gasteiger partial charge in [0.05, 0.1) is 30.1 Å². The molecule has 3 aromatic rings. The molecule has 4 rings (SSSR count). The van der Waals surface area contributed by atoms with Gasteiger partial charge in [-0.3, -0.25) is 9.78 Å². The van der Waals surface area contributed by atoms with Gasteiger partial charge in [-0.25, -0.2) is 4.98 Å². The fourth-order valence-corrected chi connectivity index (χ4v) is 3.81. The Morgan fingerprint density at radius 2 is 2.04 bits per heavy atom. The first-order valence-electron chi connectivity index (χ1n) is 9.57. The van der Waals surface area contributed by atoms with E-state index in [1.807, 2.05) is 22.8 Å². The van der Waals surface area contributed by atoms with Crippen molar-refractivity contribution in [2.45, 2.75) is 38.0 Å². The molecule has 1 aromatic carbocycles. The van der Waals surface area contributed by atoms with E-state index >= 15 is 0 Å². The number of hydrogen-bond donors (Lipinski definition) is 3. The molecular weight excluding hydrogens is 356 g/mol. The fourth-order valence-electron chi connectivity index (χ4n) is 3.81. The number of carbonyl (C=O) groups is 1. The Labute approximate surface area is 163 Å². The zero-order chi connectivity index (χ0) is 19.5. The molecule has 1 atom stereocenters. The summed E-state index contributed by atoms with van der Waals surface area (Å²) in [7, 11) is 0. The molecule has 2 heterocycles. The van der Waals surface area contributed by atoms with Crippen LogP contribution in [0.2, 0.25) is 0 Å². The van der Waals surface area contributed by atoms with Gasteiger partial charge >= 0.3 is 0 Å². The molecule has 0 aliphatic heterocycles. The number of aliphatic hydroxyl groups excluding tert-OH is 2. The van der Waals surface area contributed by atoms with Crippen molar-refractivity contribution in [2.24, 2.45) is 5.92 Å². The molecule has 1 aliphatic carbocycles. The van der Waals surface area contributed by atoms with Crippen LogP contribution in [0.25, 0.3) is 11.0 Å². The van der Waals surface area contributed by atoms with E-state index in [-0.39, 0.29) is 30.6 Å². The molecule has 28 heavy (non-hydrogen) atoms. The van der Waals surface area contributed by atoms with Crippen molar-refractivity contribution in [1.82, 2.24) is 19.9 Å². The van der Waals surface area contributed by atoms with Gasteiger partial charge in [0.25, 0.3) is 5.91 Å². The largest absolute Gasteiger partial charge is 0.395 e. The van der Waals surface area contributed by atoms with Crippen molar-refractivity contribution in [2.75, 3.05) is 6.61 Å². The molecule has 0 spiro atoms. The molecule has 146 valence electrons. The van der Waals surface area contributed by atoms with E-state index in [1.54, 1.807) is 30.9 Å². The third-order valence-corrected chi connectivity index (χ3v) is 5.46. The highest BCUT2D eigenvalue weighted by atomic mass is 16.3. The highest BCUT2D eigenvalue weighted by Gasteiger charge is 2.35. The Hall–Kier alpha value is -2.77. The number of fused-ring (bicyclic) bond motifs is 1. The third-order valence-electron chi connectivity index (χ3n) is 5.46. The molecule has 7 heteroatoms. The minimum Gasteiger partial charge on any atom is -0.395 e. The third kappa shape index (κ3) is 3.90. The van der Waals surface area contributed by atoms with Crippen LogP contribution < -0.4 is 5.32 Å². The lowest BCUT2D eigenvalue weighted by molar-refractivity contribution is 0.0239. The second-order valence-electron chi connectivity index (χ2n) is 7.39. The quantitative estimate of drug-likeness (QED) is 0.577. The monoisotopic (exact) mass is 380 g/mol. The Morgan fingerprint density at radius 1 is 1.25 bits per heavy atom. The van der Waals surface area contributed by atoms with Crippen LogP contribution in [0.4, 0.5) is 0 Å². The number of rotatable bonds is 7. The average molecular weight is 380 g/mol. The van der Waals surface area contributed by atoms with Gasteiger partial charge in [0, 0.05) is 30.5 Å². The molecular formula is C21H24N4O3. The van der Waals surface area contributed by atoms with Crippen LogP contribution in [0, 0.1) is 5.92 Å². The number of amides is 1. The predicted octanol–water partition coefficient (Wildman–Crippen LogP) is 1.54. The maximum atomic E-state index is 12.9. The summed E-state index contributed by atoms with van der Waals surface area (Å²) in [4.78, 5) is 21.3. The maximum absolute atomic E-state index is 12.9. The molecule has 1 aliphatic rings. The summed E-state index contributed by atoms with van der Waals surface area (Å²) in [6, 6.07) is 9.28. The predicted molar refractivity (Wildman–Crippen MR) is 105 cm³/mol. The molecule has 2 aromatic heterocycles. The van der Waals surface area contributed by atoms with Gasteiger partial charge in [-0.2, -0.15) is 0 Å². The van der Waals surface area contributed by atoms with Crippen LogP contribution in [0.1, 0.15) is 28.8 Å². The van der Waals surface area contributed by atoms with Crippen molar-refractivity contribution in [3.8, 4) is 0 Å². The second-order valence-corrected chi connectivity index (χ2v) is 7.39. The first kappa shape index (κ1) is 18.6. The van der Waals surface area contributed by atoms with Crippen molar-refractivity contribution in [3.63, 3.8) is 0 Å². The number of aliphatic hydroxyl groups is 2. The van der Waals surface area contributed by atoms with Gasteiger partial charge in [-0.05, 0) is 61.1 Å². The fraction of sp³-hybridized carbons (Fsp3) is 0.381. The van der Waals surface area contributed by atoms with E-state index in [1.165, 1.54) is 0 Å². The number of pyridine rings is 1. The smallest absolute Gasteiger partial charge is 0.251 e. The van der Waals surface area contributed by atoms with Gasteiger partial charge in [-0.1, -0.05) is 0 Å². The number of carbonyl (C=O) groups excluding carboxylic acids is 1. The van der Waals surface area contributed by atoms with E-state index in [4.69, 9.17) is 5.11 Å². The lowest BCUT2D eigenvalue weighted by Crippen LogP contribution is -2.48. The highest BCUT2D eigenvalue weighted by Crippen LogP contribution is 2.32. The SMILES string of the molecule is O=C(N[C@@H](Cc1ccncc1)C1CC(O)C1)c1ccc2c(c1)ncn2CCO. The Balaban J connectivity index is 1.51. The molecule has 1 amide bonds. The normalized spacial score (nSPS) is 19.9. The van der Waals surface area contributed by atoms with Crippen LogP contribution in [0.3, 0.4) is 0 Å². The first-order valence-corrected chi connectivity index (χ1v) is 9.57. The van der Waals surface area contributed by atoms with Gasteiger partial charge in [-0.15, -0.1) is 0 Å². The molecule has 1 fully saturated rings. The summed E-state index contributed by atoms with van der Waals surface area (Å²) in [6.07, 6.45) is 7.03. The number of aromatic nitrogens is 3. The second kappa shape index (κ2) is 8.08. The summed E-state index contributed by atoms with van der Waals surface area (Å²) >= 11 is 0. The summed E-state index contributed by atoms with van der Waals surface area (Å²) in [5.41, 5.74) is 3.29. The standard InChI is InChI=1S/C21H24N4O3/c26-8-7-25-13-23-19-12-15(1-2-20(19)25)21(28)24-18(16-10-17(27)11-16)9-14-3-5-22-6-4-14/h1-6,12-13,16-18,26-27H,7-11H2,(H,24,28)/t16?,17?,18-/m0/s1. The lowest BCUT2D eigenvalue weighted by atomic mass is 9.75. The number of nitrogens with one attached hydrogen (secondary N) is 1. The first-order chi connectivity index (χ1) is 13.6. The van der Waals surface area contributed by atoms with Crippen molar-refractivity contribution >= 4 is 16.9 Å². The Morgan fingerprint density at radius 3 is 2.75 bits per heavy atom. The summed E-state index contributed by atoms with van der Waals surface area (Å²) in [6.45, 7) is 0.512. The Bertz CT molecular complexity index is 951. The van der Waals surface area contributed by atoms with E-state index in [0.29, 0.717) is 31.4 Å². The van der Waals surface area contributed by atoms with Crippen LogP contribution in [-0.2, 0) is 13.0 Å². The van der Waals surface area contributed by atoms with E-state index in [9.17, 15) is 9.90 Å². The topological polar surface area (TPSA) is 100 Å². The summed E-state index contributed by atoms with van der Waals surface area (Å²) in [5.74, 6) is 0.124. The van der Waals surface area contributed by atoms with Crippen LogP contribution >= 0.6 is 0 Å². The van der Waals surface area contributed by atoms with Crippen molar-refractivity contribution in [1.29, 1.82) is 0 Å². The van der Waals surface area contributed by atoms with E-state index in [2.05, 4.69) is 15.3 Å². The molecule has 3 N–H and O–H groups in total.